The summed E-state index contributed by atoms with van der Waals surface area (Å²) in [4.78, 5) is 0. The van der Waals surface area contributed by atoms with Crippen molar-refractivity contribution in [2.75, 3.05) is 0 Å². The van der Waals surface area contributed by atoms with Crippen LogP contribution >= 0.6 is 11.8 Å². The summed E-state index contributed by atoms with van der Waals surface area (Å²) in [7, 11) is 0. The second kappa shape index (κ2) is 4.16. The molecule has 1 aliphatic carbocycles. The molecule has 108 valence electrons. The minimum absolute atomic E-state index is 0.232. The van der Waals surface area contributed by atoms with E-state index in [1.807, 2.05) is 0 Å². The van der Waals surface area contributed by atoms with Gasteiger partial charge in [0, 0.05) is 15.4 Å². The smallest absolute Gasteiger partial charge is 0.0312 e. The van der Waals surface area contributed by atoms with E-state index in [0.29, 0.717) is 10.00 Å². The summed E-state index contributed by atoms with van der Waals surface area (Å²) in [5.74, 6) is 0. The van der Waals surface area contributed by atoms with E-state index in [1.165, 1.54) is 27.6 Å². The lowest BCUT2D eigenvalue weighted by Gasteiger charge is -2.35. The Hall–Kier alpha value is -1.21. The van der Waals surface area contributed by atoms with Gasteiger partial charge in [0.2, 0.25) is 0 Å². The van der Waals surface area contributed by atoms with Crippen LogP contribution in [0.25, 0.3) is 22.4 Å². The Labute approximate surface area is 130 Å². The van der Waals surface area contributed by atoms with Crippen LogP contribution in [0.3, 0.4) is 0 Å². The fraction of sp³-hybridized carbons (Fsp3) is 0.400. The van der Waals surface area contributed by atoms with E-state index in [4.69, 9.17) is 0 Å². The quantitative estimate of drug-likeness (QED) is 0.705. The van der Waals surface area contributed by atoms with Gasteiger partial charge in [-0.15, -0.1) is 11.8 Å². The molecule has 0 bridgehead atoms. The molecular weight excluding hydrogens is 272 g/mol. The highest BCUT2D eigenvalue weighted by Crippen LogP contribution is 2.59. The average Bonchev–Trinajstić information content (AvgIpc) is 2.64. The van der Waals surface area contributed by atoms with Crippen molar-refractivity contribution in [2.45, 2.75) is 44.1 Å². The summed E-state index contributed by atoms with van der Waals surface area (Å²) < 4.78 is 0.291. The van der Waals surface area contributed by atoms with Gasteiger partial charge in [-0.25, -0.2) is 0 Å². The first-order valence-corrected chi connectivity index (χ1v) is 8.70. The standard InChI is InChI=1S/C20H22S/c1-19(2)18-16(21-20(19,3)4)12-11-14-10-9-13-7-5-6-8-15(13)17(14)18/h5-11,16H,12H2,1-4H3. The second-order valence-electron chi connectivity index (χ2n) is 7.35. The molecule has 1 heteroatoms. The summed E-state index contributed by atoms with van der Waals surface area (Å²) in [5, 5.41) is 6.40. The zero-order valence-corrected chi connectivity index (χ0v) is 14.1. The number of fused-ring (bicyclic) bond motifs is 4. The molecule has 1 atom stereocenters. The highest BCUT2D eigenvalue weighted by molar-refractivity contribution is 8.02. The molecule has 0 amide bonds. The van der Waals surface area contributed by atoms with Crippen LogP contribution < -0.4 is 10.4 Å². The molecule has 1 fully saturated rings. The Morgan fingerprint density at radius 2 is 1.76 bits per heavy atom. The van der Waals surface area contributed by atoms with Crippen molar-refractivity contribution < 1.29 is 0 Å². The number of rotatable bonds is 0. The van der Waals surface area contributed by atoms with Crippen molar-refractivity contribution in [1.82, 2.24) is 0 Å². The molecule has 0 saturated carbocycles. The molecule has 0 spiro atoms. The van der Waals surface area contributed by atoms with Crippen molar-refractivity contribution in [1.29, 1.82) is 0 Å². The molecule has 2 aromatic rings. The summed E-state index contributed by atoms with van der Waals surface area (Å²) in [6, 6.07) is 13.4. The van der Waals surface area contributed by atoms with E-state index in [0.717, 1.165) is 0 Å². The van der Waals surface area contributed by atoms with Crippen molar-refractivity contribution >= 4 is 34.2 Å². The van der Waals surface area contributed by atoms with Gasteiger partial charge in [0.15, 0.2) is 0 Å². The van der Waals surface area contributed by atoms with Gasteiger partial charge in [-0.05, 0) is 47.1 Å². The normalized spacial score (nSPS) is 25.3. The van der Waals surface area contributed by atoms with E-state index in [9.17, 15) is 0 Å². The Morgan fingerprint density at radius 1 is 1.00 bits per heavy atom. The lowest BCUT2D eigenvalue weighted by Crippen LogP contribution is -2.40. The lowest BCUT2D eigenvalue weighted by molar-refractivity contribution is 0.395. The van der Waals surface area contributed by atoms with Gasteiger partial charge in [-0.2, -0.15) is 0 Å². The zero-order valence-electron chi connectivity index (χ0n) is 13.2. The molecule has 0 nitrogen and oxygen atoms in total. The third-order valence-electron chi connectivity index (χ3n) is 5.72. The number of benzene rings is 2. The zero-order chi connectivity index (χ0) is 14.8. The van der Waals surface area contributed by atoms with Gasteiger partial charge in [0.1, 0.15) is 0 Å². The molecule has 1 unspecified atom stereocenters. The van der Waals surface area contributed by atoms with Crippen molar-refractivity contribution in [3.8, 4) is 0 Å². The number of hydrogen-bond donors (Lipinski definition) is 0. The van der Waals surface area contributed by atoms with Gasteiger partial charge >= 0.3 is 0 Å². The number of hydrogen-bond acceptors (Lipinski definition) is 1. The van der Waals surface area contributed by atoms with Crippen LogP contribution in [-0.2, 0) is 0 Å². The van der Waals surface area contributed by atoms with E-state index in [-0.39, 0.29) is 5.41 Å². The minimum Gasteiger partial charge on any atom is -0.147 e. The highest BCUT2D eigenvalue weighted by Gasteiger charge is 2.51. The van der Waals surface area contributed by atoms with Gasteiger partial charge in [-0.3, -0.25) is 0 Å². The summed E-state index contributed by atoms with van der Waals surface area (Å²) in [5.41, 5.74) is 1.90. The van der Waals surface area contributed by atoms with E-state index in [2.05, 4.69) is 81.9 Å². The average molecular weight is 294 g/mol. The maximum Gasteiger partial charge on any atom is 0.0312 e. The monoisotopic (exact) mass is 294 g/mol. The molecule has 0 N–H and O–H groups in total. The van der Waals surface area contributed by atoms with Gasteiger partial charge in [0.25, 0.3) is 0 Å². The van der Waals surface area contributed by atoms with Crippen molar-refractivity contribution in [2.24, 2.45) is 5.41 Å². The molecule has 1 aliphatic heterocycles. The molecular formula is C20H22S. The SMILES string of the molecule is CC1(C)SC2CC=c3ccc4ccccc4c3=C2C1(C)C. The molecule has 1 heterocycles. The van der Waals surface area contributed by atoms with Crippen LogP contribution in [0.15, 0.2) is 36.4 Å². The first-order chi connectivity index (χ1) is 9.92. The largest absolute Gasteiger partial charge is 0.147 e. The maximum atomic E-state index is 2.44. The minimum atomic E-state index is 0.232. The van der Waals surface area contributed by atoms with Gasteiger partial charge in [0.05, 0.1) is 0 Å². The fourth-order valence-corrected chi connectivity index (χ4v) is 5.76. The van der Waals surface area contributed by atoms with Gasteiger partial charge < -0.3 is 0 Å². The van der Waals surface area contributed by atoms with Crippen molar-refractivity contribution in [3.63, 3.8) is 0 Å². The summed E-state index contributed by atoms with van der Waals surface area (Å²) in [6.07, 6.45) is 3.62. The van der Waals surface area contributed by atoms with Crippen LogP contribution in [0.2, 0.25) is 0 Å². The van der Waals surface area contributed by atoms with E-state index >= 15 is 0 Å². The topological polar surface area (TPSA) is 0 Å². The molecule has 0 radical (unpaired) electrons. The Balaban J connectivity index is 2.24. The predicted molar refractivity (Wildman–Crippen MR) is 94.9 cm³/mol. The predicted octanol–water partition coefficient (Wildman–Crippen LogP) is 4.09. The van der Waals surface area contributed by atoms with Crippen LogP contribution in [0.4, 0.5) is 0 Å². The second-order valence-corrected chi connectivity index (χ2v) is 9.17. The van der Waals surface area contributed by atoms with Crippen LogP contribution in [0, 0.1) is 5.41 Å². The number of thioether (sulfide) groups is 1. The molecule has 1 saturated heterocycles. The van der Waals surface area contributed by atoms with Crippen LogP contribution in [0.5, 0.6) is 0 Å². The fourth-order valence-electron chi connectivity index (χ4n) is 3.92. The van der Waals surface area contributed by atoms with Crippen LogP contribution in [-0.4, -0.2) is 10.00 Å². The highest BCUT2D eigenvalue weighted by atomic mass is 32.2. The summed E-state index contributed by atoms with van der Waals surface area (Å²) in [6.45, 7) is 9.69. The summed E-state index contributed by atoms with van der Waals surface area (Å²) >= 11 is 2.16. The Morgan fingerprint density at radius 3 is 2.57 bits per heavy atom. The molecule has 21 heavy (non-hydrogen) atoms. The maximum absolute atomic E-state index is 2.44. The van der Waals surface area contributed by atoms with E-state index in [1.54, 1.807) is 5.57 Å². The first-order valence-electron chi connectivity index (χ1n) is 7.82. The Bertz CT molecular complexity index is 855. The Kier molecular flexibility index (Phi) is 2.67. The van der Waals surface area contributed by atoms with E-state index < -0.39 is 0 Å². The lowest BCUT2D eigenvalue weighted by atomic mass is 9.71. The molecule has 0 aromatic heterocycles. The third-order valence-corrected chi connectivity index (χ3v) is 7.53. The third kappa shape index (κ3) is 1.70. The molecule has 4 rings (SSSR count). The van der Waals surface area contributed by atoms with Crippen LogP contribution in [0.1, 0.15) is 34.1 Å². The van der Waals surface area contributed by atoms with Gasteiger partial charge in [-0.1, -0.05) is 56.3 Å². The first kappa shape index (κ1) is 13.5. The molecule has 2 aliphatic rings. The molecule has 2 aromatic carbocycles. The van der Waals surface area contributed by atoms with Crippen molar-refractivity contribution in [3.05, 3.63) is 46.8 Å².